The molecule has 0 amide bonds. The second-order valence-corrected chi connectivity index (χ2v) is 5.16. The third-order valence-corrected chi connectivity index (χ3v) is 3.06. The molecule has 18 heavy (non-hydrogen) atoms. The van der Waals surface area contributed by atoms with Gasteiger partial charge in [0.1, 0.15) is 0 Å². The van der Waals surface area contributed by atoms with Crippen LogP contribution in [0.2, 0.25) is 0 Å². The Morgan fingerprint density at radius 3 is 2.89 bits per heavy atom. The monoisotopic (exact) mass is 309 g/mol. The molecule has 0 spiro atoms. The van der Waals surface area contributed by atoms with E-state index in [2.05, 4.69) is 33.3 Å². The second kappa shape index (κ2) is 6.02. The summed E-state index contributed by atoms with van der Waals surface area (Å²) in [7, 11) is 0. The van der Waals surface area contributed by atoms with Gasteiger partial charge < -0.3 is 10.4 Å². The molecule has 0 radical (unpaired) electrons. The zero-order valence-corrected chi connectivity index (χ0v) is 11.8. The molecule has 1 heterocycles. The second-order valence-electron chi connectivity index (χ2n) is 4.24. The van der Waals surface area contributed by atoms with Crippen molar-refractivity contribution in [1.82, 2.24) is 9.78 Å². The highest BCUT2D eigenvalue weighted by molar-refractivity contribution is 9.10. The lowest BCUT2D eigenvalue weighted by Crippen LogP contribution is -2.22. The first-order valence-corrected chi connectivity index (χ1v) is 6.61. The van der Waals surface area contributed by atoms with Gasteiger partial charge in [-0.15, -0.1) is 0 Å². The number of rotatable bonds is 5. The third kappa shape index (κ3) is 3.34. The van der Waals surface area contributed by atoms with Gasteiger partial charge in [-0.1, -0.05) is 18.2 Å². The van der Waals surface area contributed by atoms with E-state index in [4.69, 9.17) is 0 Å². The van der Waals surface area contributed by atoms with Crippen molar-refractivity contribution < 1.29 is 5.11 Å². The molecule has 1 atom stereocenters. The lowest BCUT2D eigenvalue weighted by molar-refractivity contribution is 0.282. The largest absolute Gasteiger partial charge is 0.392 e. The van der Waals surface area contributed by atoms with Gasteiger partial charge in [0.15, 0.2) is 0 Å². The summed E-state index contributed by atoms with van der Waals surface area (Å²) in [4.78, 5) is 0. The van der Waals surface area contributed by atoms with Gasteiger partial charge in [-0.3, -0.25) is 4.68 Å². The van der Waals surface area contributed by atoms with Crippen LogP contribution in [0.4, 0.5) is 5.69 Å². The van der Waals surface area contributed by atoms with Crippen molar-refractivity contribution in [2.24, 2.45) is 0 Å². The lowest BCUT2D eigenvalue weighted by atomic mass is 10.1. The van der Waals surface area contributed by atoms with Crippen LogP contribution in [0.3, 0.4) is 0 Å². The van der Waals surface area contributed by atoms with Gasteiger partial charge >= 0.3 is 0 Å². The van der Waals surface area contributed by atoms with Crippen LogP contribution in [0, 0.1) is 0 Å². The van der Waals surface area contributed by atoms with Gasteiger partial charge in [0.05, 0.1) is 23.8 Å². The number of aliphatic hydroxyl groups is 1. The minimum Gasteiger partial charge on any atom is -0.392 e. The predicted octanol–water partition coefficient (Wildman–Crippen LogP) is 2.64. The molecule has 5 heteroatoms. The molecule has 0 fully saturated rings. The number of aromatic nitrogens is 2. The maximum atomic E-state index is 9.26. The summed E-state index contributed by atoms with van der Waals surface area (Å²) in [6, 6.07) is 8.00. The fraction of sp³-hybridized carbons (Fsp3) is 0.308. The van der Waals surface area contributed by atoms with E-state index in [-0.39, 0.29) is 12.6 Å². The van der Waals surface area contributed by atoms with Crippen molar-refractivity contribution in [3.63, 3.8) is 0 Å². The first-order chi connectivity index (χ1) is 8.69. The molecule has 1 aromatic carbocycles. The number of hydrogen-bond acceptors (Lipinski definition) is 3. The zero-order valence-electron chi connectivity index (χ0n) is 10.2. The number of nitrogens with one attached hydrogen (secondary N) is 1. The summed E-state index contributed by atoms with van der Waals surface area (Å²) < 4.78 is 2.86. The van der Waals surface area contributed by atoms with Crippen LogP contribution in [0.25, 0.3) is 0 Å². The van der Waals surface area contributed by atoms with Crippen LogP contribution in [0.1, 0.15) is 12.5 Å². The van der Waals surface area contributed by atoms with Crippen LogP contribution in [0.15, 0.2) is 41.1 Å². The van der Waals surface area contributed by atoms with E-state index in [1.165, 1.54) is 0 Å². The summed E-state index contributed by atoms with van der Waals surface area (Å²) in [5.41, 5.74) is 1.88. The Kier molecular flexibility index (Phi) is 4.38. The van der Waals surface area contributed by atoms with Crippen LogP contribution >= 0.6 is 15.9 Å². The Labute approximate surface area is 115 Å². The molecule has 96 valence electrons. The minimum atomic E-state index is 0.0449. The number of nitrogens with zero attached hydrogens (tertiary/aromatic N) is 2. The fourth-order valence-corrected chi connectivity index (χ4v) is 2.16. The number of para-hydroxylation sites is 1. The summed E-state index contributed by atoms with van der Waals surface area (Å²) in [6.45, 7) is 2.90. The maximum Gasteiger partial charge on any atom is 0.0701 e. The molecule has 0 saturated carbocycles. The average Bonchev–Trinajstić information content (AvgIpc) is 2.75. The van der Waals surface area contributed by atoms with Crippen LogP contribution < -0.4 is 5.32 Å². The van der Waals surface area contributed by atoms with Gasteiger partial charge in [0, 0.05) is 23.5 Å². The Morgan fingerprint density at radius 2 is 2.22 bits per heavy atom. The minimum absolute atomic E-state index is 0.0449. The molecule has 0 aliphatic carbocycles. The molecule has 2 rings (SSSR count). The average molecular weight is 310 g/mol. The van der Waals surface area contributed by atoms with Crippen LogP contribution in [-0.2, 0) is 13.2 Å². The Hall–Kier alpha value is -1.33. The first kappa shape index (κ1) is 13.1. The predicted molar refractivity (Wildman–Crippen MR) is 75.4 cm³/mol. The number of aliphatic hydroxyl groups excluding tert-OH is 1. The van der Waals surface area contributed by atoms with Crippen molar-refractivity contribution in [2.45, 2.75) is 26.1 Å². The van der Waals surface area contributed by atoms with Crippen molar-refractivity contribution in [1.29, 1.82) is 0 Å². The van der Waals surface area contributed by atoms with Crippen LogP contribution in [-0.4, -0.2) is 20.9 Å². The van der Waals surface area contributed by atoms with E-state index >= 15 is 0 Å². The van der Waals surface area contributed by atoms with Gasteiger partial charge in [-0.2, -0.15) is 5.10 Å². The molecular formula is C13H16BrN3O. The Morgan fingerprint density at radius 1 is 1.44 bits per heavy atom. The van der Waals surface area contributed by atoms with Gasteiger partial charge in [0.25, 0.3) is 0 Å². The van der Waals surface area contributed by atoms with Crippen molar-refractivity contribution >= 4 is 21.6 Å². The molecule has 2 N–H and O–H groups in total. The Balaban J connectivity index is 2.00. The van der Waals surface area contributed by atoms with E-state index in [1.54, 1.807) is 6.20 Å². The molecular weight excluding hydrogens is 294 g/mol. The van der Waals surface area contributed by atoms with E-state index in [0.29, 0.717) is 0 Å². The number of halogens is 1. The first-order valence-electron chi connectivity index (χ1n) is 5.82. The molecule has 0 aliphatic heterocycles. The van der Waals surface area contributed by atoms with Gasteiger partial charge in [-0.25, -0.2) is 0 Å². The topological polar surface area (TPSA) is 50.1 Å². The summed E-state index contributed by atoms with van der Waals surface area (Å²) in [5, 5.41) is 16.9. The Bertz CT molecular complexity index is 512. The number of benzene rings is 1. The van der Waals surface area contributed by atoms with Gasteiger partial charge in [-0.05, 0) is 28.9 Å². The molecule has 1 aromatic heterocycles. The molecule has 0 aliphatic rings. The van der Waals surface area contributed by atoms with Crippen molar-refractivity contribution in [3.05, 3.63) is 46.7 Å². The molecule has 1 unspecified atom stereocenters. The smallest absolute Gasteiger partial charge is 0.0701 e. The quantitative estimate of drug-likeness (QED) is 0.892. The molecule has 4 nitrogen and oxygen atoms in total. The highest BCUT2D eigenvalue weighted by atomic mass is 79.9. The number of anilines is 1. The van der Waals surface area contributed by atoms with Gasteiger partial charge in [0.2, 0.25) is 0 Å². The van der Waals surface area contributed by atoms with E-state index < -0.39 is 0 Å². The SMILES string of the molecule is CC(Cn1cc(Br)cn1)Nc1ccccc1CO. The fourth-order valence-electron chi connectivity index (χ4n) is 1.83. The third-order valence-electron chi connectivity index (χ3n) is 2.65. The molecule has 2 aromatic rings. The van der Waals surface area contributed by atoms with Crippen molar-refractivity contribution in [2.75, 3.05) is 5.32 Å². The summed E-state index contributed by atoms with van der Waals surface area (Å²) in [5.74, 6) is 0. The standard InChI is InChI=1S/C13H16BrN3O/c1-10(7-17-8-12(14)6-15-17)16-13-5-3-2-4-11(13)9-18/h2-6,8,10,16,18H,7,9H2,1H3. The van der Waals surface area contributed by atoms with E-state index in [9.17, 15) is 5.11 Å². The molecule has 0 bridgehead atoms. The maximum absolute atomic E-state index is 9.26. The zero-order chi connectivity index (χ0) is 13.0. The van der Waals surface area contributed by atoms with E-state index in [1.807, 2.05) is 35.1 Å². The van der Waals surface area contributed by atoms with E-state index in [0.717, 1.165) is 22.3 Å². The summed E-state index contributed by atoms with van der Waals surface area (Å²) in [6.07, 6.45) is 3.71. The summed E-state index contributed by atoms with van der Waals surface area (Å²) >= 11 is 3.37. The normalized spacial score (nSPS) is 12.4. The lowest BCUT2D eigenvalue weighted by Gasteiger charge is -2.17. The van der Waals surface area contributed by atoms with Crippen molar-refractivity contribution in [3.8, 4) is 0 Å². The highest BCUT2D eigenvalue weighted by Crippen LogP contribution is 2.16. The highest BCUT2D eigenvalue weighted by Gasteiger charge is 2.06. The molecule has 0 saturated heterocycles. The number of hydrogen-bond donors (Lipinski definition) is 2. The van der Waals surface area contributed by atoms with Crippen LogP contribution in [0.5, 0.6) is 0 Å².